The van der Waals surface area contributed by atoms with Crippen LogP contribution in [0.3, 0.4) is 0 Å². The number of nitrogens with zero attached hydrogens (tertiary/aromatic N) is 2. The van der Waals surface area contributed by atoms with Crippen molar-refractivity contribution < 1.29 is 9.53 Å². The fraction of sp³-hybridized carbons (Fsp3) is 0.182. The monoisotopic (exact) mass is 420 g/mol. The molecule has 0 radical (unpaired) electrons. The van der Waals surface area contributed by atoms with E-state index in [9.17, 15) is 14.9 Å². The van der Waals surface area contributed by atoms with E-state index in [0.29, 0.717) is 11.3 Å². The molecule has 0 unspecified atom stereocenters. The number of H-pyrrole nitrogens is 1. The number of rotatable bonds is 7. The molecule has 0 spiro atoms. The number of methoxy groups -OCH3 is 1. The second-order valence-corrected chi connectivity index (χ2v) is 7.39. The SMILES string of the molecule is COc1ccc(-c2nc(SCC(=O)N[C@H](C)c3ccccc3)[nH]c(=O)c2C#N)cc1. The normalized spacial score (nSPS) is 11.4. The fourth-order valence-corrected chi connectivity index (χ4v) is 3.50. The molecule has 0 aliphatic heterocycles. The zero-order valence-corrected chi connectivity index (χ0v) is 17.3. The van der Waals surface area contributed by atoms with Crippen LogP contribution in [0.2, 0.25) is 0 Å². The Hall–Kier alpha value is -3.57. The van der Waals surface area contributed by atoms with E-state index in [-0.39, 0.29) is 34.1 Å². The van der Waals surface area contributed by atoms with E-state index in [1.54, 1.807) is 31.4 Å². The standard InChI is InChI=1S/C22H20N4O3S/c1-14(15-6-4-3-5-7-15)24-19(27)13-30-22-25-20(18(12-23)21(28)26-22)16-8-10-17(29-2)11-9-16/h3-11,14H,13H2,1-2H3,(H,24,27)(H,25,26,28)/t14-/m1/s1. The van der Waals surface area contributed by atoms with Gasteiger partial charge >= 0.3 is 0 Å². The highest BCUT2D eigenvalue weighted by molar-refractivity contribution is 7.99. The molecule has 3 aromatic rings. The van der Waals surface area contributed by atoms with Crippen LogP contribution in [0.15, 0.2) is 64.5 Å². The van der Waals surface area contributed by atoms with Crippen molar-refractivity contribution in [3.05, 3.63) is 76.1 Å². The third kappa shape index (κ3) is 5.07. The van der Waals surface area contributed by atoms with Crippen LogP contribution in [0, 0.1) is 11.3 Å². The number of nitriles is 1. The van der Waals surface area contributed by atoms with Gasteiger partial charge in [0, 0.05) is 5.56 Å². The molecule has 0 saturated carbocycles. The molecule has 7 nitrogen and oxygen atoms in total. The van der Waals surface area contributed by atoms with Crippen LogP contribution < -0.4 is 15.6 Å². The summed E-state index contributed by atoms with van der Waals surface area (Å²) in [5, 5.41) is 12.6. The molecule has 1 aromatic heterocycles. The molecule has 0 bridgehead atoms. The summed E-state index contributed by atoms with van der Waals surface area (Å²) in [7, 11) is 1.56. The van der Waals surface area contributed by atoms with Gasteiger partial charge in [0.05, 0.1) is 24.6 Å². The van der Waals surface area contributed by atoms with E-state index in [1.807, 2.05) is 43.3 Å². The Labute approximate surface area is 178 Å². The van der Waals surface area contributed by atoms with Crippen LogP contribution >= 0.6 is 11.8 Å². The molecule has 0 aliphatic rings. The first kappa shape index (κ1) is 21.1. The minimum atomic E-state index is -0.543. The van der Waals surface area contributed by atoms with Crippen molar-refractivity contribution in [2.24, 2.45) is 0 Å². The highest BCUT2D eigenvalue weighted by Crippen LogP contribution is 2.24. The van der Waals surface area contributed by atoms with Crippen LogP contribution in [0.4, 0.5) is 0 Å². The average Bonchev–Trinajstić information content (AvgIpc) is 2.78. The Morgan fingerprint density at radius 1 is 1.23 bits per heavy atom. The van der Waals surface area contributed by atoms with E-state index in [4.69, 9.17) is 4.74 Å². The summed E-state index contributed by atoms with van der Waals surface area (Å²) in [6.45, 7) is 1.90. The number of carbonyl (C=O) groups is 1. The molecule has 0 saturated heterocycles. The Bertz CT molecular complexity index is 1120. The number of amides is 1. The number of aromatic nitrogens is 2. The van der Waals surface area contributed by atoms with Crippen LogP contribution in [-0.4, -0.2) is 28.7 Å². The zero-order chi connectivity index (χ0) is 21.5. The fourth-order valence-electron chi connectivity index (χ4n) is 2.82. The summed E-state index contributed by atoms with van der Waals surface area (Å²) < 4.78 is 5.14. The van der Waals surface area contributed by atoms with Gasteiger partial charge in [-0.25, -0.2) is 4.98 Å². The van der Waals surface area contributed by atoms with E-state index < -0.39 is 5.56 Å². The molecule has 1 heterocycles. The van der Waals surface area contributed by atoms with E-state index >= 15 is 0 Å². The predicted octanol–water partition coefficient (Wildman–Crippen LogP) is 3.29. The van der Waals surface area contributed by atoms with Gasteiger partial charge in [0.15, 0.2) is 5.16 Å². The maximum atomic E-state index is 12.3. The molecule has 8 heteroatoms. The number of hydrogen-bond acceptors (Lipinski definition) is 6. The summed E-state index contributed by atoms with van der Waals surface area (Å²) in [5.41, 5.74) is 1.26. The first-order chi connectivity index (χ1) is 14.5. The molecule has 0 fully saturated rings. The van der Waals surface area contributed by atoms with E-state index in [2.05, 4.69) is 15.3 Å². The summed E-state index contributed by atoms with van der Waals surface area (Å²) in [4.78, 5) is 31.6. The Balaban J connectivity index is 1.75. The summed E-state index contributed by atoms with van der Waals surface area (Å²) in [6, 6.07) is 18.3. The number of ether oxygens (including phenoxy) is 1. The van der Waals surface area contributed by atoms with Gasteiger partial charge in [-0.05, 0) is 36.8 Å². The summed E-state index contributed by atoms with van der Waals surface area (Å²) in [5.74, 6) is 0.545. The van der Waals surface area contributed by atoms with Gasteiger partial charge in [-0.3, -0.25) is 9.59 Å². The largest absolute Gasteiger partial charge is 0.497 e. The Morgan fingerprint density at radius 3 is 2.57 bits per heavy atom. The maximum absolute atomic E-state index is 12.3. The molecule has 2 aromatic carbocycles. The second kappa shape index (κ2) is 9.76. The zero-order valence-electron chi connectivity index (χ0n) is 16.5. The number of benzene rings is 2. The number of nitrogens with one attached hydrogen (secondary N) is 2. The lowest BCUT2D eigenvalue weighted by atomic mass is 10.1. The highest BCUT2D eigenvalue weighted by atomic mass is 32.2. The first-order valence-electron chi connectivity index (χ1n) is 9.17. The third-order valence-corrected chi connectivity index (χ3v) is 5.26. The van der Waals surface area contributed by atoms with Gasteiger partial charge in [-0.1, -0.05) is 42.1 Å². The Kier molecular flexibility index (Phi) is 6.88. The molecule has 3 rings (SSSR count). The lowest BCUT2D eigenvalue weighted by Crippen LogP contribution is -2.28. The van der Waals surface area contributed by atoms with Gasteiger partial charge in [0.1, 0.15) is 17.4 Å². The van der Waals surface area contributed by atoms with Gasteiger partial charge in [-0.15, -0.1) is 0 Å². The smallest absolute Gasteiger partial charge is 0.270 e. The summed E-state index contributed by atoms with van der Waals surface area (Å²) in [6.07, 6.45) is 0. The number of carbonyl (C=O) groups excluding carboxylic acids is 1. The first-order valence-corrected chi connectivity index (χ1v) is 10.2. The number of aromatic amines is 1. The van der Waals surface area contributed by atoms with Crippen molar-refractivity contribution in [1.82, 2.24) is 15.3 Å². The van der Waals surface area contributed by atoms with Gasteiger partial charge < -0.3 is 15.0 Å². The van der Waals surface area contributed by atoms with E-state index in [0.717, 1.165) is 17.3 Å². The van der Waals surface area contributed by atoms with E-state index in [1.165, 1.54) is 0 Å². The molecule has 152 valence electrons. The third-order valence-electron chi connectivity index (χ3n) is 4.39. The van der Waals surface area contributed by atoms with Crippen molar-refractivity contribution in [2.75, 3.05) is 12.9 Å². The lowest BCUT2D eigenvalue weighted by molar-refractivity contribution is -0.119. The van der Waals surface area contributed by atoms with Crippen molar-refractivity contribution >= 4 is 17.7 Å². The Morgan fingerprint density at radius 2 is 1.93 bits per heavy atom. The van der Waals surface area contributed by atoms with Crippen LogP contribution in [0.5, 0.6) is 5.75 Å². The van der Waals surface area contributed by atoms with Gasteiger partial charge in [0.25, 0.3) is 5.56 Å². The van der Waals surface area contributed by atoms with Gasteiger partial charge in [0.2, 0.25) is 5.91 Å². The molecular formula is C22H20N4O3S. The minimum absolute atomic E-state index is 0.0772. The molecule has 30 heavy (non-hydrogen) atoms. The molecule has 0 aliphatic carbocycles. The van der Waals surface area contributed by atoms with Crippen molar-refractivity contribution in [3.63, 3.8) is 0 Å². The quantitative estimate of drug-likeness (QED) is 0.449. The van der Waals surface area contributed by atoms with Crippen molar-refractivity contribution in [2.45, 2.75) is 18.1 Å². The minimum Gasteiger partial charge on any atom is -0.497 e. The molecule has 1 amide bonds. The molecular weight excluding hydrogens is 400 g/mol. The van der Waals surface area contributed by atoms with Crippen molar-refractivity contribution in [1.29, 1.82) is 5.26 Å². The lowest BCUT2D eigenvalue weighted by Gasteiger charge is -2.14. The average molecular weight is 420 g/mol. The van der Waals surface area contributed by atoms with Crippen LogP contribution in [-0.2, 0) is 4.79 Å². The second-order valence-electron chi connectivity index (χ2n) is 6.42. The molecule has 1 atom stereocenters. The highest BCUT2D eigenvalue weighted by Gasteiger charge is 2.15. The maximum Gasteiger partial charge on any atom is 0.270 e. The molecule has 2 N–H and O–H groups in total. The van der Waals surface area contributed by atoms with Crippen LogP contribution in [0.25, 0.3) is 11.3 Å². The number of thioether (sulfide) groups is 1. The van der Waals surface area contributed by atoms with Crippen molar-refractivity contribution in [3.8, 4) is 23.1 Å². The van der Waals surface area contributed by atoms with Crippen LogP contribution in [0.1, 0.15) is 24.1 Å². The number of hydrogen-bond donors (Lipinski definition) is 2. The summed E-state index contributed by atoms with van der Waals surface area (Å²) >= 11 is 1.10. The topological polar surface area (TPSA) is 108 Å². The predicted molar refractivity (Wildman–Crippen MR) is 115 cm³/mol. The van der Waals surface area contributed by atoms with Gasteiger partial charge in [-0.2, -0.15) is 5.26 Å².